The van der Waals surface area contributed by atoms with Gasteiger partial charge in [0.15, 0.2) is 0 Å². The Morgan fingerprint density at radius 3 is 1.63 bits per heavy atom. The molecule has 0 fully saturated rings. The van der Waals surface area contributed by atoms with E-state index >= 15 is 0 Å². The Morgan fingerprint density at radius 1 is 0.732 bits per heavy atom. The molecule has 0 aliphatic rings. The molecular formula is C33H31BrCl2N4O. The van der Waals surface area contributed by atoms with E-state index in [1.54, 1.807) is 6.20 Å². The van der Waals surface area contributed by atoms with Crippen molar-refractivity contribution in [2.45, 2.75) is 24.7 Å². The van der Waals surface area contributed by atoms with Gasteiger partial charge in [0.05, 0.1) is 6.20 Å². The first kappa shape index (κ1) is 30.5. The number of nitrogens with one attached hydrogen (secondary N) is 1. The summed E-state index contributed by atoms with van der Waals surface area (Å²) in [6.45, 7) is 0.670. The molecule has 210 valence electrons. The van der Waals surface area contributed by atoms with Crippen molar-refractivity contribution in [2.24, 2.45) is 11.5 Å². The van der Waals surface area contributed by atoms with Crippen molar-refractivity contribution in [3.05, 3.63) is 146 Å². The van der Waals surface area contributed by atoms with Crippen molar-refractivity contribution in [1.82, 2.24) is 10.2 Å². The first-order chi connectivity index (χ1) is 19.8. The van der Waals surface area contributed by atoms with Crippen LogP contribution in [0.5, 0.6) is 0 Å². The average molecular weight is 650 g/mol. The summed E-state index contributed by atoms with van der Waals surface area (Å²) in [5.41, 5.74) is 17.8. The summed E-state index contributed by atoms with van der Waals surface area (Å²) in [6, 6.07) is 32.0. The van der Waals surface area contributed by atoms with Crippen LogP contribution in [0.3, 0.4) is 0 Å². The molecule has 0 saturated heterocycles. The topological polar surface area (TPSA) is 97.8 Å². The Morgan fingerprint density at radius 2 is 1.20 bits per heavy atom. The second-order valence-electron chi connectivity index (χ2n) is 9.62. The Bertz CT molecular complexity index is 1460. The van der Waals surface area contributed by atoms with Crippen LogP contribution in [0, 0.1) is 0 Å². The molecule has 41 heavy (non-hydrogen) atoms. The summed E-state index contributed by atoms with van der Waals surface area (Å²) in [7, 11) is 0. The van der Waals surface area contributed by atoms with Gasteiger partial charge in [-0.25, -0.2) is 0 Å². The third kappa shape index (κ3) is 8.78. The highest BCUT2D eigenvalue weighted by Gasteiger charge is 2.17. The van der Waals surface area contributed by atoms with E-state index < -0.39 is 0 Å². The number of nitrogens with two attached hydrogens (primary N) is 2. The number of rotatable bonds is 9. The van der Waals surface area contributed by atoms with E-state index in [2.05, 4.69) is 62.5 Å². The zero-order valence-corrected chi connectivity index (χ0v) is 25.4. The molecule has 0 aliphatic heterocycles. The number of hydrogen-bond acceptors (Lipinski definition) is 3. The molecule has 5 rings (SSSR count). The number of nitrogens with zero attached hydrogens (tertiary/aromatic N) is 1. The summed E-state index contributed by atoms with van der Waals surface area (Å²) in [6.07, 6.45) is 4.81. The first-order valence-electron chi connectivity index (χ1n) is 13.2. The molecular weight excluding hydrogens is 619 g/mol. The summed E-state index contributed by atoms with van der Waals surface area (Å²) < 4.78 is 1.09. The second kappa shape index (κ2) is 15.0. The fourth-order valence-corrected chi connectivity index (χ4v) is 5.24. The zero-order chi connectivity index (χ0) is 29.2. The molecule has 2 unspecified atom stereocenters. The van der Waals surface area contributed by atoms with Crippen LogP contribution in [0.25, 0.3) is 11.1 Å². The Hall–Kier alpha value is -3.42. The Labute approximate surface area is 259 Å². The van der Waals surface area contributed by atoms with E-state index in [4.69, 9.17) is 34.7 Å². The Kier molecular flexibility index (Phi) is 11.2. The van der Waals surface area contributed by atoms with Crippen molar-refractivity contribution < 1.29 is 4.79 Å². The van der Waals surface area contributed by atoms with E-state index in [1.807, 2.05) is 66.9 Å². The van der Waals surface area contributed by atoms with Gasteiger partial charge < -0.3 is 11.5 Å². The van der Waals surface area contributed by atoms with Gasteiger partial charge >= 0.3 is 0 Å². The van der Waals surface area contributed by atoms with Crippen molar-refractivity contribution in [2.75, 3.05) is 6.54 Å². The number of hydrogen-bond donors (Lipinski definition) is 3. The molecule has 5 aromatic rings. The summed E-state index contributed by atoms with van der Waals surface area (Å²) in [5, 5.41) is 8.19. The standard InChI is InChI=1S/C18H16ClN3O.C15H15BrClN/c19-16-7-5-14(6-8-16)17(9-18(20)23)13-3-1-12(2-4-13)15-10-21-22-11-15;16-13-5-1-11(2-6-13)15(9-10-18)12-3-7-14(17)8-4-12/h1-8,10-11,17H,9H2,(H2,20,23)(H,21,22);1-8,15H,9-10,18H2. The van der Waals surface area contributed by atoms with Crippen LogP contribution >= 0.6 is 39.1 Å². The molecule has 5 nitrogen and oxygen atoms in total. The van der Waals surface area contributed by atoms with Crippen LogP contribution in [-0.2, 0) is 4.79 Å². The van der Waals surface area contributed by atoms with Crippen LogP contribution in [0.1, 0.15) is 46.9 Å². The van der Waals surface area contributed by atoms with Gasteiger partial charge in [0.1, 0.15) is 0 Å². The second-order valence-corrected chi connectivity index (χ2v) is 11.4. The highest BCUT2D eigenvalue weighted by molar-refractivity contribution is 9.10. The molecule has 1 amide bonds. The van der Waals surface area contributed by atoms with Gasteiger partial charge in [-0.2, -0.15) is 5.10 Å². The number of halogens is 3. The van der Waals surface area contributed by atoms with Crippen LogP contribution in [0.4, 0.5) is 0 Å². The van der Waals surface area contributed by atoms with E-state index in [1.165, 1.54) is 11.1 Å². The molecule has 0 aliphatic carbocycles. The van der Waals surface area contributed by atoms with Gasteiger partial charge in [-0.05, 0) is 77.2 Å². The molecule has 1 heterocycles. The van der Waals surface area contributed by atoms with Crippen molar-refractivity contribution >= 4 is 45.0 Å². The van der Waals surface area contributed by atoms with Crippen molar-refractivity contribution in [3.8, 4) is 11.1 Å². The molecule has 0 spiro atoms. The van der Waals surface area contributed by atoms with Crippen molar-refractivity contribution in [1.29, 1.82) is 0 Å². The fourth-order valence-electron chi connectivity index (χ4n) is 4.72. The fraction of sp³-hybridized carbons (Fsp3) is 0.152. The minimum atomic E-state index is -0.330. The molecule has 8 heteroatoms. The van der Waals surface area contributed by atoms with Crippen molar-refractivity contribution in [3.63, 3.8) is 0 Å². The average Bonchev–Trinajstić information content (AvgIpc) is 3.52. The number of H-pyrrole nitrogens is 1. The van der Waals surface area contributed by atoms with Gasteiger partial charge in [0.25, 0.3) is 0 Å². The quantitative estimate of drug-likeness (QED) is 0.150. The van der Waals surface area contributed by atoms with Crippen LogP contribution in [-0.4, -0.2) is 22.6 Å². The smallest absolute Gasteiger partial charge is 0.218 e. The number of carbonyl (C=O) groups excluding carboxylic acids is 1. The maximum Gasteiger partial charge on any atom is 0.218 e. The predicted molar refractivity (Wildman–Crippen MR) is 172 cm³/mol. The maximum atomic E-state index is 11.5. The Balaban J connectivity index is 0.000000195. The highest BCUT2D eigenvalue weighted by atomic mass is 79.9. The lowest BCUT2D eigenvalue weighted by Gasteiger charge is -2.17. The summed E-state index contributed by atoms with van der Waals surface area (Å²) >= 11 is 15.3. The number of aromatic nitrogens is 2. The molecule has 4 aromatic carbocycles. The van der Waals surface area contributed by atoms with E-state index in [-0.39, 0.29) is 18.2 Å². The number of carbonyl (C=O) groups is 1. The lowest BCUT2D eigenvalue weighted by Crippen LogP contribution is -2.16. The molecule has 0 saturated carbocycles. The van der Waals surface area contributed by atoms with E-state index in [0.29, 0.717) is 17.5 Å². The monoisotopic (exact) mass is 648 g/mol. The third-order valence-corrected chi connectivity index (χ3v) is 7.85. The lowest BCUT2D eigenvalue weighted by molar-refractivity contribution is -0.118. The van der Waals surface area contributed by atoms with E-state index in [9.17, 15) is 4.79 Å². The van der Waals surface area contributed by atoms with E-state index in [0.717, 1.165) is 38.2 Å². The number of benzene rings is 4. The molecule has 5 N–H and O–H groups in total. The number of amides is 1. The van der Waals surface area contributed by atoms with Crippen LogP contribution in [0.2, 0.25) is 10.0 Å². The molecule has 1 aromatic heterocycles. The SMILES string of the molecule is NC(=O)CC(c1ccc(Cl)cc1)c1ccc(-c2cn[nH]c2)cc1.NCCC(c1ccc(Cl)cc1)c1ccc(Br)cc1. The van der Waals surface area contributed by atoms with Gasteiger partial charge in [-0.15, -0.1) is 0 Å². The van der Waals surface area contributed by atoms with Gasteiger partial charge in [0.2, 0.25) is 5.91 Å². The van der Waals surface area contributed by atoms with Crippen LogP contribution in [0.15, 0.2) is 114 Å². The summed E-state index contributed by atoms with van der Waals surface area (Å²) in [5.74, 6) is -0.0765. The first-order valence-corrected chi connectivity index (χ1v) is 14.7. The predicted octanol–water partition coefficient (Wildman–Crippen LogP) is 8.32. The summed E-state index contributed by atoms with van der Waals surface area (Å²) in [4.78, 5) is 11.5. The minimum Gasteiger partial charge on any atom is -0.370 e. The maximum absolute atomic E-state index is 11.5. The van der Waals surface area contributed by atoms with Gasteiger partial charge in [-0.1, -0.05) is 99.8 Å². The molecule has 2 atom stereocenters. The number of primary amides is 1. The molecule has 0 bridgehead atoms. The highest BCUT2D eigenvalue weighted by Crippen LogP contribution is 2.31. The minimum absolute atomic E-state index is 0.0804. The third-order valence-electron chi connectivity index (χ3n) is 6.82. The number of aromatic amines is 1. The lowest BCUT2D eigenvalue weighted by atomic mass is 9.87. The van der Waals surface area contributed by atoms with Gasteiger partial charge in [-0.3, -0.25) is 9.89 Å². The van der Waals surface area contributed by atoms with Crippen LogP contribution < -0.4 is 11.5 Å². The normalized spacial score (nSPS) is 12.2. The largest absolute Gasteiger partial charge is 0.370 e. The van der Waals surface area contributed by atoms with Gasteiger partial charge in [0, 0.05) is 44.5 Å². The zero-order valence-electron chi connectivity index (χ0n) is 22.3. The molecule has 0 radical (unpaired) electrons.